The van der Waals surface area contributed by atoms with Crippen LogP contribution in [0.25, 0.3) is 0 Å². The highest BCUT2D eigenvalue weighted by molar-refractivity contribution is 6.99. The lowest BCUT2D eigenvalue weighted by Gasteiger charge is -2.59. The van der Waals surface area contributed by atoms with E-state index < -0.39 is 43.3 Å². The number of aliphatic hydroxyl groups excluding tert-OH is 2. The fourth-order valence-electron chi connectivity index (χ4n) is 9.59. The van der Waals surface area contributed by atoms with Gasteiger partial charge in [0.2, 0.25) is 0 Å². The van der Waals surface area contributed by atoms with Crippen molar-refractivity contribution in [3.8, 4) is 0 Å². The summed E-state index contributed by atoms with van der Waals surface area (Å²) in [4.78, 5) is 0. The molecule has 2 aliphatic rings. The zero-order valence-corrected chi connectivity index (χ0v) is 41.3. The highest BCUT2D eigenvalue weighted by Gasteiger charge is 2.60. The molecule has 0 heterocycles. The normalized spacial score (nSPS) is 28.2. The molecule has 9 heteroatoms. The largest absolute Gasteiger partial charge is 0.417 e. The van der Waals surface area contributed by atoms with E-state index >= 15 is 0 Å². The van der Waals surface area contributed by atoms with E-state index in [1.165, 1.54) is 10.4 Å². The zero-order chi connectivity index (χ0) is 42.3. The molecule has 2 saturated carbocycles. The molecule has 0 bridgehead atoms. The van der Waals surface area contributed by atoms with Gasteiger partial charge in [-0.05, 0) is 112 Å². The van der Waals surface area contributed by atoms with Crippen molar-refractivity contribution < 1.29 is 28.6 Å². The maximum atomic E-state index is 12.4. The van der Waals surface area contributed by atoms with E-state index in [1.807, 2.05) is 0 Å². The first kappa shape index (κ1) is 47.5. The molecule has 9 atom stereocenters. The summed E-state index contributed by atoms with van der Waals surface area (Å²) in [5.74, 6) is 0.368. The highest BCUT2D eigenvalue weighted by atomic mass is 28.4. The van der Waals surface area contributed by atoms with Gasteiger partial charge >= 0.3 is 0 Å². The molecule has 0 aromatic heterocycles. The molecule has 2 aromatic rings. The second kappa shape index (κ2) is 17.4. The summed E-state index contributed by atoms with van der Waals surface area (Å²) in [7, 11) is -7.07. The Hall–Kier alpha value is -1.15. The van der Waals surface area contributed by atoms with E-state index in [-0.39, 0.29) is 62.6 Å². The third-order valence-electron chi connectivity index (χ3n) is 15.2. The predicted octanol–water partition coefficient (Wildman–Crippen LogP) is 9.63. The van der Waals surface area contributed by atoms with Crippen molar-refractivity contribution in [1.82, 2.24) is 0 Å². The van der Waals surface area contributed by atoms with Crippen LogP contribution in [0, 0.1) is 41.4 Å². The van der Waals surface area contributed by atoms with Crippen molar-refractivity contribution in [2.45, 2.75) is 161 Å². The van der Waals surface area contributed by atoms with Gasteiger partial charge in [-0.2, -0.15) is 0 Å². The Bertz CT molecular complexity index is 1490. The molecular formula is C47H82O6Si3. The minimum atomic E-state index is -2.91. The van der Waals surface area contributed by atoms with Crippen molar-refractivity contribution in [2.24, 2.45) is 41.4 Å². The number of fused-ring (bicyclic) bond motifs is 1. The summed E-state index contributed by atoms with van der Waals surface area (Å²) in [5, 5.41) is 38.1. The summed E-state index contributed by atoms with van der Waals surface area (Å²) in [6, 6.07) is 21.8. The van der Waals surface area contributed by atoms with E-state index in [0.29, 0.717) is 19.6 Å². The Morgan fingerprint density at radius 2 is 1.16 bits per heavy atom. The van der Waals surface area contributed by atoms with E-state index in [2.05, 4.69) is 170 Å². The number of rotatable bonds is 14. The molecule has 3 N–H and O–H groups in total. The minimum Gasteiger partial charge on any atom is -0.417 e. The van der Waals surface area contributed by atoms with Crippen molar-refractivity contribution in [3.05, 3.63) is 60.7 Å². The third kappa shape index (κ3) is 9.73. The zero-order valence-electron chi connectivity index (χ0n) is 38.3. The molecule has 0 aliphatic heterocycles. The van der Waals surface area contributed by atoms with Gasteiger partial charge in [0.05, 0.1) is 12.7 Å². The lowest BCUT2D eigenvalue weighted by molar-refractivity contribution is -0.218. The average Bonchev–Trinajstić information content (AvgIpc) is 3.10. The van der Waals surface area contributed by atoms with Gasteiger partial charge in [0, 0.05) is 19.3 Å². The molecular weight excluding hydrogens is 745 g/mol. The van der Waals surface area contributed by atoms with Gasteiger partial charge in [-0.15, -0.1) is 0 Å². The van der Waals surface area contributed by atoms with Gasteiger partial charge in [0.15, 0.2) is 16.6 Å². The minimum absolute atomic E-state index is 0.00623. The van der Waals surface area contributed by atoms with Crippen LogP contribution in [0.3, 0.4) is 0 Å². The molecule has 2 aromatic carbocycles. The number of aliphatic hydroxyl groups is 3. The van der Waals surface area contributed by atoms with Crippen LogP contribution in [0.2, 0.25) is 41.3 Å². The molecule has 0 amide bonds. The van der Waals surface area contributed by atoms with Crippen LogP contribution < -0.4 is 10.4 Å². The van der Waals surface area contributed by atoms with Gasteiger partial charge in [0.25, 0.3) is 8.32 Å². The third-order valence-corrected chi connectivity index (χ3v) is 29.3. The molecule has 4 rings (SSSR count). The summed E-state index contributed by atoms with van der Waals surface area (Å²) in [6.07, 6.45) is 0.743. The second-order valence-corrected chi connectivity index (χ2v) is 36.3. The Morgan fingerprint density at radius 3 is 1.57 bits per heavy atom. The van der Waals surface area contributed by atoms with E-state index in [1.54, 1.807) is 0 Å². The Labute approximate surface area is 345 Å². The first-order chi connectivity index (χ1) is 25.6. The van der Waals surface area contributed by atoms with Crippen molar-refractivity contribution in [3.63, 3.8) is 0 Å². The maximum absolute atomic E-state index is 12.4. The smallest absolute Gasteiger partial charge is 0.261 e. The summed E-state index contributed by atoms with van der Waals surface area (Å²) in [6.45, 7) is 37.6. The van der Waals surface area contributed by atoms with Crippen LogP contribution in [0.4, 0.5) is 0 Å². The van der Waals surface area contributed by atoms with Crippen LogP contribution in [0.5, 0.6) is 0 Å². The van der Waals surface area contributed by atoms with Crippen molar-refractivity contribution in [2.75, 3.05) is 19.8 Å². The van der Waals surface area contributed by atoms with E-state index in [9.17, 15) is 15.3 Å². The van der Waals surface area contributed by atoms with E-state index in [4.69, 9.17) is 13.3 Å². The lowest BCUT2D eigenvalue weighted by Crippen LogP contribution is -2.69. The standard InChI is InChI=1S/C47H82O6Si3/c1-33(2)41(31-52-55(15,16)45(7,8)9)40-29-47(50,32-48)43(49)42-38(34(3)30-51-54(13,14)44(4,5)6)27-35(28-39(40)42)53-56(46(10,11)12,36-23-19-17-20-24-36)37-25-21-18-22-26-37/h17-26,33-35,38-43,48-50H,27-32H2,1-16H3/t34-,35-,38+,39-,40-,41-,42-,43+,47+/m1/s1. The summed E-state index contributed by atoms with van der Waals surface area (Å²) < 4.78 is 22.0. The Morgan fingerprint density at radius 1 is 0.696 bits per heavy atom. The van der Waals surface area contributed by atoms with Crippen LogP contribution in [-0.2, 0) is 13.3 Å². The van der Waals surface area contributed by atoms with Gasteiger partial charge in [-0.3, -0.25) is 0 Å². The lowest BCUT2D eigenvalue weighted by atomic mass is 9.51. The van der Waals surface area contributed by atoms with Gasteiger partial charge in [-0.1, -0.05) is 144 Å². The fourth-order valence-corrected chi connectivity index (χ4v) is 16.5. The van der Waals surface area contributed by atoms with E-state index in [0.717, 1.165) is 12.8 Å². The molecule has 2 fully saturated rings. The molecule has 0 saturated heterocycles. The van der Waals surface area contributed by atoms with Crippen LogP contribution in [-0.4, -0.2) is 77.9 Å². The van der Waals surface area contributed by atoms with Crippen molar-refractivity contribution >= 4 is 35.3 Å². The van der Waals surface area contributed by atoms with Crippen molar-refractivity contribution in [1.29, 1.82) is 0 Å². The van der Waals surface area contributed by atoms with Crippen LogP contribution in [0.15, 0.2) is 60.7 Å². The number of hydrogen-bond acceptors (Lipinski definition) is 6. The molecule has 0 spiro atoms. The topological polar surface area (TPSA) is 88.4 Å². The molecule has 56 heavy (non-hydrogen) atoms. The summed E-state index contributed by atoms with van der Waals surface area (Å²) >= 11 is 0. The molecule has 318 valence electrons. The fraction of sp³-hybridized carbons (Fsp3) is 0.745. The van der Waals surface area contributed by atoms with Gasteiger partial charge in [0.1, 0.15) is 5.60 Å². The monoisotopic (exact) mass is 827 g/mol. The predicted molar refractivity (Wildman–Crippen MR) is 242 cm³/mol. The first-order valence-electron chi connectivity index (χ1n) is 21.7. The SMILES string of the molecule is CC(C)[C@@H](CO[Si](C)(C)C(C)(C)C)[C@@H]1C[C@](O)(CO)[C@@H](O)[C@H]2[C@@H]1C[C@H](O[Si](c1ccccc1)(c1ccccc1)C(C)(C)C)C[C@H]2[C@H](C)CO[Si](C)(C)C(C)(C)C. The number of benzene rings is 2. The molecule has 0 radical (unpaired) electrons. The molecule has 2 aliphatic carbocycles. The number of hydrogen-bond donors (Lipinski definition) is 3. The molecule has 0 unspecified atom stereocenters. The van der Waals surface area contributed by atoms with Crippen LogP contribution >= 0.6 is 0 Å². The quantitative estimate of drug-likeness (QED) is 0.165. The first-order valence-corrected chi connectivity index (χ1v) is 29.4. The maximum Gasteiger partial charge on any atom is 0.261 e. The Kier molecular flexibility index (Phi) is 14.8. The van der Waals surface area contributed by atoms with Gasteiger partial charge < -0.3 is 28.6 Å². The van der Waals surface area contributed by atoms with Crippen LogP contribution in [0.1, 0.15) is 102 Å². The molecule has 6 nitrogen and oxygen atoms in total. The average molecular weight is 827 g/mol. The summed E-state index contributed by atoms with van der Waals surface area (Å²) in [5.41, 5.74) is -1.60. The highest BCUT2D eigenvalue weighted by Crippen LogP contribution is 2.56. The Balaban J connectivity index is 1.90. The second-order valence-electron chi connectivity index (χ2n) is 22.4. The van der Waals surface area contributed by atoms with Gasteiger partial charge in [-0.25, -0.2) is 0 Å².